The fourth-order valence-electron chi connectivity index (χ4n) is 4.99. The summed E-state index contributed by atoms with van der Waals surface area (Å²) in [5, 5.41) is 2.23. The molecule has 6 aromatic rings. The van der Waals surface area contributed by atoms with Crippen molar-refractivity contribution in [2.45, 2.75) is 26.2 Å². The van der Waals surface area contributed by atoms with Gasteiger partial charge in [0.05, 0.1) is 0 Å². The molecule has 0 radical (unpaired) electrons. The molecule has 0 bridgehead atoms. The Morgan fingerprint density at radius 2 is 1.50 bits per heavy atom. The zero-order chi connectivity index (χ0) is 26.6. The Kier molecular flexibility index (Phi) is 6.68. The van der Waals surface area contributed by atoms with Gasteiger partial charge in [0.15, 0.2) is 0 Å². The molecule has 1 aliphatic rings. The maximum Gasteiger partial charge on any atom is 2.00 e. The first kappa shape index (κ1) is 26.2. The second-order valence-electron chi connectivity index (χ2n) is 10.7. The SMILES string of the molecule is CC(C)(C)c1ccnc(-n2c3[c-]c(Oc4[c-]c(B5Oc6ccccc6O5)ccc4)ccc3c3ccccc32)c1.[Pt+2]. The molecule has 2 aromatic heterocycles. The summed E-state index contributed by atoms with van der Waals surface area (Å²) < 4.78 is 20.4. The van der Waals surface area contributed by atoms with E-state index < -0.39 is 7.12 Å². The Labute approximate surface area is 248 Å². The molecule has 0 atom stereocenters. The van der Waals surface area contributed by atoms with Gasteiger partial charge in [-0.1, -0.05) is 62.1 Å². The first-order valence-electron chi connectivity index (χ1n) is 13.0. The van der Waals surface area contributed by atoms with Crippen LogP contribution in [0.5, 0.6) is 23.0 Å². The van der Waals surface area contributed by atoms with Gasteiger partial charge >= 0.3 is 28.2 Å². The summed E-state index contributed by atoms with van der Waals surface area (Å²) >= 11 is 0. The summed E-state index contributed by atoms with van der Waals surface area (Å²) in [5.41, 5.74) is 3.95. The van der Waals surface area contributed by atoms with Gasteiger partial charge in [-0.05, 0) is 46.7 Å². The van der Waals surface area contributed by atoms with Gasteiger partial charge in [-0.15, -0.1) is 29.7 Å². The Morgan fingerprint density at radius 1 is 0.775 bits per heavy atom. The van der Waals surface area contributed by atoms with Crippen molar-refractivity contribution >= 4 is 34.4 Å². The normalized spacial score (nSPS) is 12.5. The zero-order valence-electron chi connectivity index (χ0n) is 22.3. The number of nitrogens with zero attached hydrogens (tertiary/aromatic N) is 2. The van der Waals surface area contributed by atoms with Crippen LogP contribution in [0.1, 0.15) is 26.3 Å². The van der Waals surface area contributed by atoms with E-state index in [1.807, 2.05) is 54.7 Å². The zero-order valence-corrected chi connectivity index (χ0v) is 24.5. The van der Waals surface area contributed by atoms with Gasteiger partial charge in [0, 0.05) is 23.2 Å². The molecular weight excluding hydrogens is 678 g/mol. The van der Waals surface area contributed by atoms with E-state index in [0.717, 1.165) is 44.6 Å². The number of hydrogen-bond acceptors (Lipinski definition) is 4. The van der Waals surface area contributed by atoms with Crippen LogP contribution >= 0.6 is 0 Å². The minimum Gasteiger partial charge on any atom is -0.521 e. The van der Waals surface area contributed by atoms with Crippen LogP contribution in [0.2, 0.25) is 0 Å². The molecule has 198 valence electrons. The van der Waals surface area contributed by atoms with Crippen molar-refractivity contribution in [1.82, 2.24) is 9.55 Å². The summed E-state index contributed by atoms with van der Waals surface area (Å²) in [6, 6.07) is 36.8. The van der Waals surface area contributed by atoms with Crippen LogP contribution in [-0.2, 0) is 26.5 Å². The molecule has 0 unspecified atom stereocenters. The van der Waals surface area contributed by atoms with Crippen molar-refractivity contribution in [3.63, 3.8) is 0 Å². The summed E-state index contributed by atoms with van der Waals surface area (Å²) in [4.78, 5) is 4.75. The van der Waals surface area contributed by atoms with Crippen LogP contribution in [0.15, 0.2) is 97.2 Å². The van der Waals surface area contributed by atoms with Crippen LogP contribution in [0.3, 0.4) is 0 Å². The predicted octanol–water partition coefficient (Wildman–Crippen LogP) is 7.03. The third-order valence-electron chi connectivity index (χ3n) is 6.98. The molecule has 1 aliphatic heterocycles. The third-order valence-corrected chi connectivity index (χ3v) is 6.98. The first-order chi connectivity index (χ1) is 18.9. The van der Waals surface area contributed by atoms with E-state index in [1.165, 1.54) is 5.56 Å². The van der Waals surface area contributed by atoms with Crippen LogP contribution in [-0.4, -0.2) is 16.7 Å². The maximum atomic E-state index is 6.27. The largest absolute Gasteiger partial charge is 2.00 e. The van der Waals surface area contributed by atoms with Gasteiger partial charge in [-0.2, -0.15) is 18.2 Å². The Hall–Kier alpha value is -4.02. The third kappa shape index (κ3) is 4.67. The van der Waals surface area contributed by atoms with Crippen LogP contribution in [0, 0.1) is 12.1 Å². The second kappa shape index (κ2) is 10.2. The van der Waals surface area contributed by atoms with Gasteiger partial charge in [0.1, 0.15) is 17.3 Å². The van der Waals surface area contributed by atoms with Crippen molar-refractivity contribution < 1.29 is 35.1 Å². The van der Waals surface area contributed by atoms with Crippen molar-refractivity contribution in [3.05, 3.63) is 115 Å². The molecule has 0 spiro atoms. The predicted molar refractivity (Wildman–Crippen MR) is 155 cm³/mol. The molecule has 0 N–H and O–H groups in total. The Balaban J connectivity index is 0.00000289. The average molecular weight is 703 g/mol. The van der Waals surface area contributed by atoms with E-state index in [1.54, 1.807) is 0 Å². The molecule has 7 heteroatoms. The monoisotopic (exact) mass is 703 g/mol. The van der Waals surface area contributed by atoms with Crippen molar-refractivity contribution in [3.8, 4) is 28.8 Å². The van der Waals surface area contributed by atoms with E-state index in [-0.39, 0.29) is 26.5 Å². The van der Waals surface area contributed by atoms with Gasteiger partial charge in [-0.25, -0.2) is 4.98 Å². The molecule has 0 amide bonds. The minimum absolute atomic E-state index is 0. The second-order valence-corrected chi connectivity index (χ2v) is 10.7. The van der Waals surface area contributed by atoms with Crippen molar-refractivity contribution in [1.29, 1.82) is 0 Å². The minimum atomic E-state index is -0.568. The van der Waals surface area contributed by atoms with E-state index in [0.29, 0.717) is 11.5 Å². The molecule has 4 aromatic carbocycles. The summed E-state index contributed by atoms with van der Waals surface area (Å²) in [7, 11) is -0.568. The number of benzene rings is 4. The van der Waals surface area contributed by atoms with Crippen LogP contribution in [0.4, 0.5) is 0 Å². The van der Waals surface area contributed by atoms with Crippen LogP contribution < -0.4 is 19.5 Å². The average Bonchev–Trinajstić information content (AvgIpc) is 3.52. The maximum absolute atomic E-state index is 6.27. The van der Waals surface area contributed by atoms with Crippen molar-refractivity contribution in [2.24, 2.45) is 0 Å². The summed E-state index contributed by atoms with van der Waals surface area (Å²) in [6.07, 6.45) is 1.88. The Bertz CT molecular complexity index is 1840. The number of aromatic nitrogens is 2. The number of hydrogen-bond donors (Lipinski definition) is 0. The molecule has 0 fully saturated rings. The molecule has 7 rings (SSSR count). The molecule has 5 nitrogen and oxygen atoms in total. The summed E-state index contributed by atoms with van der Waals surface area (Å²) in [6.45, 7) is 6.63. The van der Waals surface area contributed by atoms with Gasteiger partial charge in [0.25, 0.3) is 0 Å². The van der Waals surface area contributed by atoms with E-state index in [9.17, 15) is 0 Å². The quantitative estimate of drug-likeness (QED) is 0.146. The van der Waals surface area contributed by atoms with Gasteiger partial charge in [0.2, 0.25) is 0 Å². The number of pyridine rings is 1. The standard InChI is InChI=1S/C33H25BN2O3.Pt/c1-33(2,3)22-17-18-35-32(19-22)36-28-12-5-4-11-26(28)27-16-15-25(21-29(27)36)37-24-10-8-9-23(20-24)34-38-30-13-6-7-14-31(30)39-34;/h4-19H,1-3H3;/q-2;+2. The molecular formula is C33H25BN2O3Pt. The Morgan fingerprint density at radius 3 is 2.27 bits per heavy atom. The molecule has 3 heterocycles. The van der Waals surface area contributed by atoms with Gasteiger partial charge in [-0.3, -0.25) is 0 Å². The number of fused-ring (bicyclic) bond motifs is 4. The summed E-state index contributed by atoms with van der Waals surface area (Å²) in [5.74, 6) is 3.44. The number of rotatable bonds is 4. The molecule has 0 aliphatic carbocycles. The molecule has 0 saturated carbocycles. The fraction of sp³-hybridized carbons (Fsp3) is 0.121. The smallest absolute Gasteiger partial charge is 0.521 e. The molecule has 0 saturated heterocycles. The fourth-order valence-corrected chi connectivity index (χ4v) is 4.99. The number of para-hydroxylation sites is 3. The van der Waals surface area contributed by atoms with Crippen LogP contribution in [0.25, 0.3) is 27.6 Å². The topological polar surface area (TPSA) is 45.5 Å². The first-order valence-corrected chi connectivity index (χ1v) is 13.0. The van der Waals surface area contributed by atoms with E-state index in [2.05, 4.69) is 79.9 Å². The molecule has 40 heavy (non-hydrogen) atoms. The number of ether oxygens (including phenoxy) is 1. The van der Waals surface area contributed by atoms with Crippen molar-refractivity contribution in [2.75, 3.05) is 0 Å². The van der Waals surface area contributed by atoms with E-state index >= 15 is 0 Å². The van der Waals surface area contributed by atoms with E-state index in [4.69, 9.17) is 19.0 Å². The van der Waals surface area contributed by atoms with Gasteiger partial charge < -0.3 is 18.6 Å².